The molecule has 0 aromatic heterocycles. The van der Waals surface area contributed by atoms with Crippen LogP contribution in [0.5, 0.6) is 0 Å². The second-order valence-electron chi connectivity index (χ2n) is 6.27. The van der Waals surface area contributed by atoms with Crippen LogP contribution in [-0.4, -0.2) is 18.3 Å². The van der Waals surface area contributed by atoms with Crippen molar-refractivity contribution in [2.45, 2.75) is 103 Å². The summed E-state index contributed by atoms with van der Waals surface area (Å²) in [5, 5.41) is 18.7. The third-order valence-corrected chi connectivity index (χ3v) is 4.19. The highest BCUT2D eigenvalue weighted by atomic mass is 16.5. The first-order valence-electron chi connectivity index (χ1n) is 9.37. The molecule has 0 spiro atoms. The third-order valence-electron chi connectivity index (χ3n) is 4.19. The van der Waals surface area contributed by atoms with Crippen molar-refractivity contribution in [2.24, 2.45) is 0 Å². The van der Waals surface area contributed by atoms with E-state index in [0.29, 0.717) is 13.2 Å². The van der Waals surface area contributed by atoms with Crippen LogP contribution < -0.4 is 5.48 Å². The maximum absolute atomic E-state index is 10.0. The van der Waals surface area contributed by atoms with Crippen molar-refractivity contribution >= 4 is 0 Å². The topological polar surface area (TPSA) is 55.3 Å². The molecule has 0 radical (unpaired) electrons. The van der Waals surface area contributed by atoms with E-state index in [1.54, 1.807) is 0 Å². The Labute approximate surface area is 132 Å². The fraction of sp³-hybridized carbons (Fsp3) is 1.00. The molecule has 0 aliphatic rings. The Bertz CT molecular complexity index is 159. The van der Waals surface area contributed by atoms with Crippen LogP contribution >= 0.6 is 0 Å². The van der Waals surface area contributed by atoms with Gasteiger partial charge in [-0.25, -0.2) is 0 Å². The zero-order valence-electron chi connectivity index (χ0n) is 14.1. The number of hydrogen-bond acceptors (Lipinski definition) is 3. The van der Waals surface area contributed by atoms with Gasteiger partial charge in [-0.2, -0.15) is 0 Å². The zero-order valence-corrected chi connectivity index (χ0v) is 14.1. The van der Waals surface area contributed by atoms with E-state index in [4.69, 9.17) is 5.11 Å². The van der Waals surface area contributed by atoms with Gasteiger partial charge in [-0.15, -0.1) is 0 Å². The Morgan fingerprint density at radius 1 is 0.476 bits per heavy atom. The molecule has 0 saturated heterocycles. The van der Waals surface area contributed by atoms with E-state index >= 15 is 0 Å². The van der Waals surface area contributed by atoms with Crippen molar-refractivity contribution in [3.63, 3.8) is 0 Å². The summed E-state index contributed by atoms with van der Waals surface area (Å²) in [4.78, 5) is 0. The fourth-order valence-corrected chi connectivity index (χ4v) is 2.78. The molecule has 3 heteroatoms. The largest absolute Gasteiger partial charge is 0.788 e. The lowest BCUT2D eigenvalue weighted by atomic mass is 10.0. The van der Waals surface area contributed by atoms with Crippen LogP contribution in [-0.2, 0) is 0 Å². The van der Waals surface area contributed by atoms with Gasteiger partial charge in [0.05, 0.1) is 0 Å². The van der Waals surface area contributed by atoms with E-state index in [-0.39, 0.29) is 0 Å². The van der Waals surface area contributed by atoms with Crippen LogP contribution in [0.1, 0.15) is 103 Å². The van der Waals surface area contributed by atoms with Crippen LogP contribution in [0.25, 0.3) is 0 Å². The molecule has 0 atom stereocenters. The lowest BCUT2D eigenvalue weighted by Crippen LogP contribution is -2.04. The number of nitrogens with one attached hydrogen (secondary N) is 1. The second-order valence-corrected chi connectivity index (χ2v) is 6.27. The molecule has 21 heavy (non-hydrogen) atoms. The zero-order chi connectivity index (χ0) is 15.4. The smallest absolute Gasteiger partial charge is 0.0431 e. The number of hydroxylamine groups is 1. The Morgan fingerprint density at radius 3 is 1.05 bits per heavy atom. The molecular weight excluding hydrogens is 262 g/mol. The SMILES string of the molecule is [O-]NCCCCCCCCCCCCCCCCCCO. The van der Waals surface area contributed by atoms with Gasteiger partial charge in [-0.3, -0.25) is 0 Å². The van der Waals surface area contributed by atoms with Gasteiger partial charge in [0.2, 0.25) is 0 Å². The summed E-state index contributed by atoms with van der Waals surface area (Å²) < 4.78 is 0. The lowest BCUT2D eigenvalue weighted by Gasteiger charge is -2.06. The standard InChI is InChI=1S/C18H38NO2/c20-18-16-14-12-10-8-6-4-2-1-3-5-7-9-11-13-15-17-19-21/h19-20H,1-18H2/q-1. The van der Waals surface area contributed by atoms with Gasteiger partial charge in [-0.05, 0) is 19.4 Å². The monoisotopic (exact) mass is 300 g/mol. The van der Waals surface area contributed by atoms with E-state index in [9.17, 15) is 5.21 Å². The molecular formula is C18H38NO2-. The van der Waals surface area contributed by atoms with E-state index in [1.807, 2.05) is 5.48 Å². The average molecular weight is 301 g/mol. The van der Waals surface area contributed by atoms with Crippen LogP contribution in [0.4, 0.5) is 0 Å². The minimum atomic E-state index is 0.358. The van der Waals surface area contributed by atoms with Gasteiger partial charge in [0, 0.05) is 6.61 Å². The van der Waals surface area contributed by atoms with Crippen molar-refractivity contribution in [3.05, 3.63) is 5.21 Å². The first kappa shape index (κ1) is 20.9. The van der Waals surface area contributed by atoms with Crippen LogP contribution in [0.2, 0.25) is 0 Å². The molecule has 0 aliphatic carbocycles. The highest BCUT2D eigenvalue weighted by Gasteiger charge is 1.94. The predicted octanol–water partition coefficient (Wildman–Crippen LogP) is 5.31. The molecule has 0 heterocycles. The molecule has 0 aromatic rings. The molecule has 0 bridgehead atoms. The Hall–Kier alpha value is -0.120. The molecule has 0 amide bonds. The second kappa shape index (κ2) is 19.9. The number of unbranched alkanes of at least 4 members (excludes halogenated alkanes) is 15. The van der Waals surface area contributed by atoms with Crippen LogP contribution in [0, 0.1) is 5.21 Å². The molecule has 0 saturated carbocycles. The molecule has 2 N–H and O–H groups in total. The van der Waals surface area contributed by atoms with E-state index in [0.717, 1.165) is 12.8 Å². The van der Waals surface area contributed by atoms with Crippen molar-refractivity contribution in [2.75, 3.05) is 13.2 Å². The molecule has 128 valence electrons. The quantitative estimate of drug-likeness (QED) is 0.266. The lowest BCUT2D eigenvalue weighted by molar-refractivity contribution is 0.282. The Kier molecular flexibility index (Phi) is 19.8. The summed E-state index contributed by atoms with van der Waals surface area (Å²) in [7, 11) is 0. The number of hydrogen-bond donors (Lipinski definition) is 2. The summed E-state index contributed by atoms with van der Waals surface area (Å²) in [5.41, 5.74) is 1.96. The van der Waals surface area contributed by atoms with Gasteiger partial charge in [0.1, 0.15) is 0 Å². The van der Waals surface area contributed by atoms with Gasteiger partial charge in [0.25, 0.3) is 0 Å². The summed E-state index contributed by atoms with van der Waals surface area (Å²) >= 11 is 0. The molecule has 0 fully saturated rings. The highest BCUT2D eigenvalue weighted by molar-refractivity contribution is 4.51. The molecule has 0 unspecified atom stereocenters. The fourth-order valence-electron chi connectivity index (χ4n) is 2.78. The minimum Gasteiger partial charge on any atom is -0.788 e. The van der Waals surface area contributed by atoms with Crippen molar-refractivity contribution in [1.82, 2.24) is 5.48 Å². The van der Waals surface area contributed by atoms with Crippen molar-refractivity contribution < 1.29 is 5.11 Å². The Morgan fingerprint density at radius 2 is 0.762 bits per heavy atom. The summed E-state index contributed by atoms with van der Waals surface area (Å²) in [6.45, 7) is 0.985. The maximum Gasteiger partial charge on any atom is 0.0431 e. The number of aliphatic hydroxyl groups is 1. The first-order valence-corrected chi connectivity index (χ1v) is 9.37. The maximum atomic E-state index is 10.0. The molecule has 0 rings (SSSR count). The summed E-state index contributed by atoms with van der Waals surface area (Å²) in [6, 6.07) is 0. The summed E-state index contributed by atoms with van der Waals surface area (Å²) in [5.74, 6) is 0. The number of aliphatic hydroxyl groups excluding tert-OH is 1. The third kappa shape index (κ3) is 19.9. The predicted molar refractivity (Wildman–Crippen MR) is 92.3 cm³/mol. The molecule has 0 aromatic carbocycles. The van der Waals surface area contributed by atoms with Crippen LogP contribution in [0.15, 0.2) is 0 Å². The van der Waals surface area contributed by atoms with E-state index in [1.165, 1.54) is 89.9 Å². The van der Waals surface area contributed by atoms with Gasteiger partial charge in [-0.1, -0.05) is 89.9 Å². The van der Waals surface area contributed by atoms with Gasteiger partial charge in [0.15, 0.2) is 0 Å². The average Bonchev–Trinajstić information content (AvgIpc) is 2.50. The van der Waals surface area contributed by atoms with Crippen molar-refractivity contribution in [1.29, 1.82) is 0 Å². The molecule has 3 nitrogen and oxygen atoms in total. The van der Waals surface area contributed by atoms with Gasteiger partial charge >= 0.3 is 0 Å². The minimum absolute atomic E-state index is 0.358. The summed E-state index contributed by atoms with van der Waals surface area (Å²) in [6.07, 6.45) is 20.8. The normalized spacial score (nSPS) is 11.1. The Balaban J connectivity index is 2.90. The van der Waals surface area contributed by atoms with E-state index < -0.39 is 0 Å². The van der Waals surface area contributed by atoms with E-state index in [2.05, 4.69) is 0 Å². The van der Waals surface area contributed by atoms with Gasteiger partial charge < -0.3 is 15.8 Å². The highest BCUT2D eigenvalue weighted by Crippen LogP contribution is 2.13. The van der Waals surface area contributed by atoms with Crippen molar-refractivity contribution in [3.8, 4) is 0 Å². The molecule has 0 aliphatic heterocycles. The number of rotatable bonds is 18. The first-order chi connectivity index (χ1) is 10.4. The van der Waals surface area contributed by atoms with Crippen LogP contribution in [0.3, 0.4) is 0 Å².